The average Bonchev–Trinajstić information content (AvgIpc) is 2.21. The summed E-state index contributed by atoms with van der Waals surface area (Å²) in [4.78, 5) is 13.6. The van der Waals surface area contributed by atoms with Gasteiger partial charge in [-0.15, -0.1) is 0 Å². The Bertz CT molecular complexity index is 279. The second kappa shape index (κ2) is 3.48. The fourth-order valence-corrected chi connectivity index (χ4v) is 3.20. The molecule has 3 nitrogen and oxygen atoms in total. The third-order valence-electron chi connectivity index (χ3n) is 4.20. The lowest BCUT2D eigenvalue weighted by Crippen LogP contribution is -2.71. The zero-order valence-corrected chi connectivity index (χ0v) is 10.0. The zero-order chi connectivity index (χ0) is 11.1. The van der Waals surface area contributed by atoms with Crippen molar-refractivity contribution in [3.05, 3.63) is 0 Å². The van der Waals surface area contributed by atoms with Crippen LogP contribution in [0.3, 0.4) is 0 Å². The van der Waals surface area contributed by atoms with Gasteiger partial charge in [0.25, 0.3) is 0 Å². The van der Waals surface area contributed by atoms with Crippen molar-refractivity contribution in [3.8, 4) is 0 Å². The number of carbonyl (C=O) groups excluding carboxylic acids is 1. The SMILES string of the molecule is CCCC1(C)COC12CCCC(=O)N2C. The van der Waals surface area contributed by atoms with Gasteiger partial charge in [-0.2, -0.15) is 0 Å². The van der Waals surface area contributed by atoms with Gasteiger partial charge in [-0.05, 0) is 19.3 Å². The van der Waals surface area contributed by atoms with E-state index >= 15 is 0 Å². The molecule has 0 aromatic rings. The number of likely N-dealkylation sites (tertiary alicyclic amines) is 1. The average molecular weight is 211 g/mol. The van der Waals surface area contributed by atoms with Crippen molar-refractivity contribution in [2.45, 2.75) is 51.7 Å². The minimum absolute atomic E-state index is 0.173. The lowest BCUT2D eigenvalue weighted by molar-refractivity contribution is -0.329. The number of hydrogen-bond acceptors (Lipinski definition) is 2. The molecule has 2 rings (SSSR count). The molecule has 0 radical (unpaired) electrons. The molecule has 2 saturated heterocycles. The van der Waals surface area contributed by atoms with Crippen LogP contribution in [0.15, 0.2) is 0 Å². The highest BCUT2D eigenvalue weighted by molar-refractivity contribution is 5.77. The topological polar surface area (TPSA) is 29.5 Å². The van der Waals surface area contributed by atoms with Crippen LogP contribution in [-0.4, -0.2) is 30.2 Å². The van der Waals surface area contributed by atoms with Crippen molar-refractivity contribution in [3.63, 3.8) is 0 Å². The molecule has 0 aromatic heterocycles. The Labute approximate surface area is 91.8 Å². The summed E-state index contributed by atoms with van der Waals surface area (Å²) >= 11 is 0. The smallest absolute Gasteiger partial charge is 0.224 e. The molecule has 0 aromatic carbocycles. The van der Waals surface area contributed by atoms with E-state index in [-0.39, 0.29) is 17.0 Å². The molecule has 3 heteroatoms. The van der Waals surface area contributed by atoms with Gasteiger partial charge in [0.2, 0.25) is 5.91 Å². The van der Waals surface area contributed by atoms with Crippen LogP contribution in [0.2, 0.25) is 0 Å². The lowest BCUT2D eigenvalue weighted by atomic mass is 9.67. The van der Waals surface area contributed by atoms with Crippen LogP contribution in [0.1, 0.15) is 46.0 Å². The van der Waals surface area contributed by atoms with Gasteiger partial charge in [0.15, 0.2) is 5.72 Å². The normalized spacial score (nSPS) is 40.7. The molecule has 2 unspecified atom stereocenters. The van der Waals surface area contributed by atoms with Gasteiger partial charge in [-0.25, -0.2) is 0 Å². The van der Waals surface area contributed by atoms with E-state index in [0.29, 0.717) is 6.42 Å². The summed E-state index contributed by atoms with van der Waals surface area (Å²) in [5.74, 6) is 0.239. The maximum atomic E-state index is 11.7. The lowest BCUT2D eigenvalue weighted by Gasteiger charge is -2.62. The van der Waals surface area contributed by atoms with Crippen LogP contribution in [0.4, 0.5) is 0 Å². The first-order chi connectivity index (χ1) is 7.06. The third-order valence-corrected chi connectivity index (χ3v) is 4.20. The fourth-order valence-electron chi connectivity index (χ4n) is 3.20. The van der Waals surface area contributed by atoms with Gasteiger partial charge in [0.05, 0.1) is 6.61 Å². The number of hydrogen-bond donors (Lipinski definition) is 0. The summed E-state index contributed by atoms with van der Waals surface area (Å²) < 4.78 is 5.82. The van der Waals surface area contributed by atoms with Crippen LogP contribution >= 0.6 is 0 Å². The highest BCUT2D eigenvalue weighted by Gasteiger charge is 2.61. The predicted molar refractivity (Wildman–Crippen MR) is 58.3 cm³/mol. The molecule has 2 heterocycles. The van der Waals surface area contributed by atoms with Crippen molar-refractivity contribution in [1.82, 2.24) is 4.90 Å². The maximum absolute atomic E-state index is 11.7. The molecular formula is C12H21NO2. The second-order valence-corrected chi connectivity index (χ2v) is 5.19. The van der Waals surface area contributed by atoms with E-state index in [2.05, 4.69) is 13.8 Å². The Hall–Kier alpha value is -0.570. The summed E-state index contributed by atoms with van der Waals surface area (Å²) in [7, 11) is 1.90. The first-order valence-corrected chi connectivity index (χ1v) is 5.96. The molecule has 1 spiro atoms. The molecular weight excluding hydrogens is 190 g/mol. The zero-order valence-electron chi connectivity index (χ0n) is 10.0. The van der Waals surface area contributed by atoms with Gasteiger partial charge in [-0.1, -0.05) is 20.3 Å². The van der Waals surface area contributed by atoms with Crippen molar-refractivity contribution in [1.29, 1.82) is 0 Å². The minimum atomic E-state index is -0.279. The molecule has 2 aliphatic heterocycles. The van der Waals surface area contributed by atoms with Gasteiger partial charge in [-0.3, -0.25) is 4.79 Å². The number of ether oxygens (including phenoxy) is 1. The van der Waals surface area contributed by atoms with Crippen molar-refractivity contribution in [2.24, 2.45) is 5.41 Å². The first kappa shape index (κ1) is 10.9. The quantitative estimate of drug-likeness (QED) is 0.700. The highest BCUT2D eigenvalue weighted by Crippen LogP contribution is 2.53. The summed E-state index contributed by atoms with van der Waals surface area (Å²) in [6.45, 7) is 5.26. The molecule has 0 bridgehead atoms. The number of nitrogens with zero attached hydrogens (tertiary/aromatic N) is 1. The molecule has 15 heavy (non-hydrogen) atoms. The highest BCUT2D eigenvalue weighted by atomic mass is 16.5. The number of rotatable bonds is 2. The van der Waals surface area contributed by atoms with Crippen LogP contribution < -0.4 is 0 Å². The molecule has 86 valence electrons. The number of piperidine rings is 1. The van der Waals surface area contributed by atoms with E-state index in [1.807, 2.05) is 11.9 Å². The van der Waals surface area contributed by atoms with E-state index in [4.69, 9.17) is 4.74 Å². The third kappa shape index (κ3) is 1.32. The van der Waals surface area contributed by atoms with E-state index in [9.17, 15) is 4.79 Å². The largest absolute Gasteiger partial charge is 0.354 e. The molecule has 0 saturated carbocycles. The minimum Gasteiger partial charge on any atom is -0.354 e. The standard InChI is InChI=1S/C12H21NO2/c1-4-7-11(2)9-15-12(11)8-5-6-10(14)13(12)3/h4-9H2,1-3H3. The Morgan fingerprint density at radius 1 is 1.53 bits per heavy atom. The van der Waals surface area contributed by atoms with Crippen molar-refractivity contribution in [2.75, 3.05) is 13.7 Å². The van der Waals surface area contributed by atoms with Crippen LogP contribution in [0, 0.1) is 5.41 Å². The van der Waals surface area contributed by atoms with Gasteiger partial charge < -0.3 is 9.64 Å². The van der Waals surface area contributed by atoms with E-state index in [1.54, 1.807) is 0 Å². The summed E-state index contributed by atoms with van der Waals surface area (Å²) in [6, 6.07) is 0. The van der Waals surface area contributed by atoms with Gasteiger partial charge >= 0.3 is 0 Å². The van der Waals surface area contributed by atoms with Crippen LogP contribution in [-0.2, 0) is 9.53 Å². The maximum Gasteiger partial charge on any atom is 0.224 e. The Balaban J connectivity index is 2.22. The fraction of sp³-hybridized carbons (Fsp3) is 0.917. The Morgan fingerprint density at radius 2 is 2.27 bits per heavy atom. The molecule has 2 aliphatic rings. The summed E-state index contributed by atoms with van der Waals surface area (Å²) in [6.07, 6.45) is 4.96. The molecule has 2 fully saturated rings. The van der Waals surface area contributed by atoms with E-state index < -0.39 is 0 Å². The van der Waals surface area contributed by atoms with Crippen molar-refractivity contribution >= 4 is 5.91 Å². The first-order valence-electron chi connectivity index (χ1n) is 5.96. The monoisotopic (exact) mass is 211 g/mol. The van der Waals surface area contributed by atoms with E-state index in [1.165, 1.54) is 0 Å². The summed E-state index contributed by atoms with van der Waals surface area (Å²) in [5, 5.41) is 0. The van der Waals surface area contributed by atoms with Gasteiger partial charge in [0, 0.05) is 18.9 Å². The van der Waals surface area contributed by atoms with Crippen LogP contribution in [0.25, 0.3) is 0 Å². The Morgan fingerprint density at radius 3 is 2.80 bits per heavy atom. The second-order valence-electron chi connectivity index (χ2n) is 5.19. The van der Waals surface area contributed by atoms with Gasteiger partial charge in [0.1, 0.15) is 0 Å². The summed E-state index contributed by atoms with van der Waals surface area (Å²) in [5.41, 5.74) is -0.106. The molecule has 1 amide bonds. The number of amides is 1. The van der Waals surface area contributed by atoms with Crippen LogP contribution in [0.5, 0.6) is 0 Å². The van der Waals surface area contributed by atoms with Crippen molar-refractivity contribution < 1.29 is 9.53 Å². The number of carbonyl (C=O) groups is 1. The molecule has 0 aliphatic carbocycles. The predicted octanol–water partition coefficient (Wildman–Crippen LogP) is 2.16. The van der Waals surface area contributed by atoms with E-state index in [0.717, 1.165) is 32.3 Å². The molecule has 2 atom stereocenters. The molecule has 0 N–H and O–H groups in total. The Kier molecular flexibility index (Phi) is 2.53.